The second-order valence-electron chi connectivity index (χ2n) is 7.27. The summed E-state index contributed by atoms with van der Waals surface area (Å²) in [4.78, 5) is 37.8. The van der Waals surface area contributed by atoms with Gasteiger partial charge in [-0.15, -0.1) is 0 Å². The molecule has 3 amide bonds. The van der Waals surface area contributed by atoms with Crippen molar-refractivity contribution in [3.8, 4) is 0 Å². The molecule has 0 radical (unpaired) electrons. The fourth-order valence-corrected chi connectivity index (χ4v) is 5.23. The van der Waals surface area contributed by atoms with Gasteiger partial charge in [-0.25, -0.2) is 8.42 Å². The van der Waals surface area contributed by atoms with Crippen LogP contribution in [0, 0.1) is 0 Å². The number of sulfonamides is 1. The van der Waals surface area contributed by atoms with Gasteiger partial charge in [0.1, 0.15) is 0 Å². The minimum Gasteiger partial charge on any atom is -0.322 e. The second-order valence-corrected chi connectivity index (χ2v) is 9.20. The van der Waals surface area contributed by atoms with E-state index in [1.54, 1.807) is 30.3 Å². The van der Waals surface area contributed by atoms with Crippen LogP contribution >= 0.6 is 0 Å². The highest BCUT2D eigenvalue weighted by molar-refractivity contribution is 7.89. The van der Waals surface area contributed by atoms with Crippen molar-refractivity contribution < 1.29 is 22.8 Å². The van der Waals surface area contributed by atoms with Crippen LogP contribution in [0.3, 0.4) is 0 Å². The molecule has 0 aliphatic carbocycles. The molecule has 9 heteroatoms. The molecule has 156 valence electrons. The van der Waals surface area contributed by atoms with Gasteiger partial charge in [-0.3, -0.25) is 19.3 Å². The Bertz CT molecular complexity index is 1110. The van der Waals surface area contributed by atoms with Crippen molar-refractivity contribution in [2.45, 2.75) is 30.6 Å². The number of rotatable bonds is 5. The van der Waals surface area contributed by atoms with Crippen LogP contribution < -0.4 is 10.2 Å². The first-order valence-electron chi connectivity index (χ1n) is 9.74. The minimum atomic E-state index is -3.59. The molecule has 2 aromatic carbocycles. The van der Waals surface area contributed by atoms with Crippen LogP contribution in [0.25, 0.3) is 0 Å². The van der Waals surface area contributed by atoms with E-state index >= 15 is 0 Å². The molecule has 0 aromatic heterocycles. The average molecular weight is 427 g/mol. The minimum absolute atomic E-state index is 0.129. The predicted molar refractivity (Wildman–Crippen MR) is 111 cm³/mol. The van der Waals surface area contributed by atoms with E-state index < -0.39 is 15.9 Å². The van der Waals surface area contributed by atoms with E-state index in [1.165, 1.54) is 22.5 Å². The normalized spacial score (nSPS) is 17.5. The molecule has 2 aliphatic rings. The molecule has 0 unspecified atom stereocenters. The third-order valence-corrected chi connectivity index (χ3v) is 7.11. The number of anilines is 2. The standard InChI is InChI=1S/C21H21N3O5S/c25-19-9-10-20(26)24(19)17-7-3-5-15(13-17)21(27)22-16-6-4-8-18(14-16)30(28,29)23-11-1-2-12-23/h3-8,13-14H,1-2,9-12H2,(H,22,27). The highest BCUT2D eigenvalue weighted by atomic mass is 32.2. The smallest absolute Gasteiger partial charge is 0.255 e. The molecule has 8 nitrogen and oxygen atoms in total. The lowest BCUT2D eigenvalue weighted by atomic mass is 10.1. The SMILES string of the molecule is O=C(Nc1cccc(S(=O)(=O)N2CCCC2)c1)c1cccc(N2C(=O)CCC2=O)c1. The summed E-state index contributed by atoms with van der Waals surface area (Å²) in [6.07, 6.45) is 2.00. The zero-order valence-corrected chi connectivity index (χ0v) is 17.0. The molecule has 30 heavy (non-hydrogen) atoms. The van der Waals surface area contributed by atoms with E-state index in [2.05, 4.69) is 5.32 Å². The van der Waals surface area contributed by atoms with Gasteiger partial charge >= 0.3 is 0 Å². The van der Waals surface area contributed by atoms with E-state index in [4.69, 9.17) is 0 Å². The van der Waals surface area contributed by atoms with Crippen LogP contribution in [0.4, 0.5) is 11.4 Å². The lowest BCUT2D eigenvalue weighted by molar-refractivity contribution is -0.121. The number of hydrogen-bond acceptors (Lipinski definition) is 5. The molecule has 2 heterocycles. The lowest BCUT2D eigenvalue weighted by Gasteiger charge is -2.16. The average Bonchev–Trinajstić information content (AvgIpc) is 3.39. The van der Waals surface area contributed by atoms with Crippen LogP contribution in [0.15, 0.2) is 53.4 Å². The highest BCUT2D eigenvalue weighted by Crippen LogP contribution is 2.25. The van der Waals surface area contributed by atoms with E-state index in [9.17, 15) is 22.8 Å². The van der Waals surface area contributed by atoms with Gasteiger partial charge in [0, 0.05) is 37.2 Å². The first-order valence-corrected chi connectivity index (χ1v) is 11.2. The number of benzene rings is 2. The van der Waals surface area contributed by atoms with E-state index in [-0.39, 0.29) is 35.1 Å². The number of amides is 3. The predicted octanol–water partition coefficient (Wildman–Crippen LogP) is 2.38. The van der Waals surface area contributed by atoms with Gasteiger partial charge in [-0.05, 0) is 49.2 Å². The summed E-state index contributed by atoms with van der Waals surface area (Å²) >= 11 is 0. The summed E-state index contributed by atoms with van der Waals surface area (Å²) in [6, 6.07) is 12.4. The van der Waals surface area contributed by atoms with E-state index in [0.717, 1.165) is 17.7 Å². The summed E-state index contributed by atoms with van der Waals surface area (Å²) in [6.45, 7) is 0.999. The molecule has 2 aliphatic heterocycles. The van der Waals surface area contributed by atoms with Gasteiger partial charge in [-0.1, -0.05) is 12.1 Å². The first kappa shape index (κ1) is 20.2. The van der Waals surface area contributed by atoms with Gasteiger partial charge in [0.2, 0.25) is 21.8 Å². The van der Waals surface area contributed by atoms with Crippen molar-refractivity contribution >= 4 is 39.1 Å². The fraction of sp³-hybridized carbons (Fsp3) is 0.286. The highest BCUT2D eigenvalue weighted by Gasteiger charge is 2.31. The number of nitrogens with one attached hydrogen (secondary N) is 1. The van der Waals surface area contributed by atoms with Crippen molar-refractivity contribution in [2.75, 3.05) is 23.3 Å². The monoisotopic (exact) mass is 427 g/mol. The Morgan fingerprint density at radius 1 is 0.900 bits per heavy atom. The summed E-state index contributed by atoms with van der Waals surface area (Å²) in [5.74, 6) is -1.05. The molecular formula is C21H21N3O5S. The summed E-state index contributed by atoms with van der Waals surface area (Å²) in [7, 11) is -3.59. The van der Waals surface area contributed by atoms with Gasteiger partial charge < -0.3 is 5.32 Å². The van der Waals surface area contributed by atoms with E-state index in [1.807, 2.05) is 0 Å². The van der Waals surface area contributed by atoms with Crippen LogP contribution in [0.5, 0.6) is 0 Å². The lowest BCUT2D eigenvalue weighted by Crippen LogP contribution is -2.28. The number of hydrogen-bond donors (Lipinski definition) is 1. The van der Waals surface area contributed by atoms with Crippen molar-refractivity contribution in [2.24, 2.45) is 0 Å². The third kappa shape index (κ3) is 3.86. The number of carbonyl (C=O) groups excluding carboxylic acids is 3. The molecule has 2 saturated heterocycles. The molecule has 0 spiro atoms. The van der Waals surface area contributed by atoms with Crippen molar-refractivity contribution in [3.05, 3.63) is 54.1 Å². The molecule has 2 fully saturated rings. The summed E-state index contributed by atoms with van der Waals surface area (Å²) in [5.41, 5.74) is 0.951. The third-order valence-electron chi connectivity index (χ3n) is 5.21. The Hall–Kier alpha value is -3.04. The van der Waals surface area contributed by atoms with Crippen molar-refractivity contribution in [1.29, 1.82) is 0 Å². The van der Waals surface area contributed by atoms with E-state index in [0.29, 0.717) is 24.5 Å². The Balaban J connectivity index is 1.54. The Morgan fingerprint density at radius 2 is 1.57 bits per heavy atom. The van der Waals surface area contributed by atoms with Crippen LogP contribution in [0.2, 0.25) is 0 Å². The molecule has 1 N–H and O–H groups in total. The summed E-state index contributed by atoms with van der Waals surface area (Å²) in [5, 5.41) is 2.69. The van der Waals surface area contributed by atoms with Crippen LogP contribution in [-0.4, -0.2) is 43.5 Å². The Kier molecular flexibility index (Phi) is 5.40. The molecule has 0 saturated carbocycles. The maximum absolute atomic E-state index is 12.7. The topological polar surface area (TPSA) is 104 Å². The maximum Gasteiger partial charge on any atom is 0.255 e. The van der Waals surface area contributed by atoms with Crippen molar-refractivity contribution in [3.63, 3.8) is 0 Å². The number of carbonyl (C=O) groups is 3. The van der Waals surface area contributed by atoms with Gasteiger partial charge in [0.05, 0.1) is 10.6 Å². The van der Waals surface area contributed by atoms with Crippen molar-refractivity contribution in [1.82, 2.24) is 4.31 Å². The zero-order valence-electron chi connectivity index (χ0n) is 16.2. The zero-order chi connectivity index (χ0) is 21.3. The first-order chi connectivity index (χ1) is 14.4. The number of nitrogens with zero attached hydrogens (tertiary/aromatic N) is 2. The Labute approximate surface area is 174 Å². The molecule has 4 rings (SSSR count). The van der Waals surface area contributed by atoms with Crippen LogP contribution in [-0.2, 0) is 19.6 Å². The number of imide groups is 1. The molecule has 2 aromatic rings. The second kappa shape index (κ2) is 8.00. The largest absolute Gasteiger partial charge is 0.322 e. The van der Waals surface area contributed by atoms with Crippen LogP contribution in [0.1, 0.15) is 36.0 Å². The quantitative estimate of drug-likeness (QED) is 0.738. The molecular weight excluding hydrogens is 406 g/mol. The van der Waals surface area contributed by atoms with Gasteiger partial charge in [0.25, 0.3) is 5.91 Å². The fourth-order valence-electron chi connectivity index (χ4n) is 3.67. The Morgan fingerprint density at radius 3 is 2.27 bits per heavy atom. The summed E-state index contributed by atoms with van der Waals surface area (Å²) < 4.78 is 26.9. The molecule has 0 atom stereocenters. The maximum atomic E-state index is 12.7. The molecule has 0 bridgehead atoms. The van der Waals surface area contributed by atoms with Gasteiger partial charge in [-0.2, -0.15) is 4.31 Å². The van der Waals surface area contributed by atoms with Gasteiger partial charge in [0.15, 0.2) is 0 Å².